The van der Waals surface area contributed by atoms with Crippen molar-refractivity contribution < 1.29 is 9.13 Å². The first-order chi connectivity index (χ1) is 14.2. The zero-order chi connectivity index (χ0) is 20.0. The summed E-state index contributed by atoms with van der Waals surface area (Å²) in [5, 5.41) is 5.51. The first-order valence-electron chi connectivity index (χ1n) is 9.39. The Hall–Kier alpha value is -2.99. The maximum atomic E-state index is 13.3. The summed E-state index contributed by atoms with van der Waals surface area (Å²) in [4.78, 5) is 4.53. The van der Waals surface area contributed by atoms with E-state index in [1.165, 1.54) is 12.1 Å². The smallest absolute Gasteiger partial charge is 0.131 e. The van der Waals surface area contributed by atoms with Gasteiger partial charge in [0.2, 0.25) is 0 Å². The van der Waals surface area contributed by atoms with Gasteiger partial charge in [0.05, 0.1) is 23.1 Å². The van der Waals surface area contributed by atoms with Crippen molar-refractivity contribution in [1.29, 1.82) is 0 Å². The number of ether oxygens (including phenoxy) is 1. The Labute approximate surface area is 175 Å². The Kier molecular flexibility index (Phi) is 4.43. The second-order valence-electron chi connectivity index (χ2n) is 6.86. The lowest BCUT2D eigenvalue weighted by Gasteiger charge is -2.13. The number of hydrogen-bond acceptors (Lipinski definition) is 3. The van der Waals surface area contributed by atoms with Crippen LogP contribution < -0.4 is 4.74 Å². The molecule has 0 fully saturated rings. The molecule has 0 spiro atoms. The summed E-state index contributed by atoms with van der Waals surface area (Å²) in [5.41, 5.74) is 5.79. The van der Waals surface area contributed by atoms with Crippen LogP contribution in [0.3, 0.4) is 0 Å². The first kappa shape index (κ1) is 18.1. The molecule has 0 saturated carbocycles. The Balaban J connectivity index is 1.74. The molecule has 2 aromatic heterocycles. The largest absolute Gasteiger partial charge is 0.487 e. The monoisotopic (exact) mass is 449 g/mol. The van der Waals surface area contributed by atoms with Crippen LogP contribution in [0.4, 0.5) is 4.39 Å². The molecular weight excluding hydrogens is 433 g/mol. The zero-order valence-electron chi connectivity index (χ0n) is 15.7. The molecule has 1 aliphatic rings. The summed E-state index contributed by atoms with van der Waals surface area (Å²) in [6.07, 6.45) is 4.47. The van der Waals surface area contributed by atoms with Crippen LogP contribution >= 0.6 is 15.9 Å². The van der Waals surface area contributed by atoms with Gasteiger partial charge in [-0.05, 0) is 42.8 Å². The van der Waals surface area contributed by atoms with E-state index in [2.05, 4.69) is 45.1 Å². The van der Waals surface area contributed by atoms with Crippen LogP contribution in [0.15, 0.2) is 65.4 Å². The minimum Gasteiger partial charge on any atom is -0.487 e. The van der Waals surface area contributed by atoms with E-state index in [0.29, 0.717) is 6.61 Å². The number of rotatable bonds is 2. The molecule has 0 saturated heterocycles. The van der Waals surface area contributed by atoms with E-state index in [1.807, 2.05) is 18.3 Å². The van der Waals surface area contributed by atoms with Crippen LogP contribution in [0.2, 0.25) is 0 Å². The summed E-state index contributed by atoms with van der Waals surface area (Å²) in [7, 11) is 0. The quantitative estimate of drug-likeness (QED) is 0.375. The highest BCUT2D eigenvalue weighted by atomic mass is 79.9. The van der Waals surface area contributed by atoms with Crippen LogP contribution in [-0.4, -0.2) is 14.8 Å². The summed E-state index contributed by atoms with van der Waals surface area (Å²) >= 11 is 3.77. The number of allylic oxidation sites excluding steroid dienone is 1. The topological polar surface area (TPSA) is 39.9 Å². The van der Waals surface area contributed by atoms with E-state index in [0.717, 1.165) is 55.6 Å². The second kappa shape index (κ2) is 7.12. The fourth-order valence-electron chi connectivity index (χ4n) is 3.70. The Morgan fingerprint density at radius 3 is 2.79 bits per heavy atom. The van der Waals surface area contributed by atoms with Crippen LogP contribution in [0.5, 0.6) is 5.75 Å². The summed E-state index contributed by atoms with van der Waals surface area (Å²) in [6, 6.07) is 14.4. The highest BCUT2D eigenvalue weighted by molar-refractivity contribution is 9.11. The Morgan fingerprint density at radius 1 is 1.17 bits per heavy atom. The third kappa shape index (κ3) is 3.04. The number of halogens is 2. The third-order valence-electron chi connectivity index (χ3n) is 5.12. The fourth-order valence-corrected chi connectivity index (χ4v) is 4.13. The van der Waals surface area contributed by atoms with Gasteiger partial charge in [0, 0.05) is 38.8 Å². The van der Waals surface area contributed by atoms with Gasteiger partial charge in [-0.15, -0.1) is 0 Å². The van der Waals surface area contributed by atoms with E-state index in [9.17, 15) is 4.39 Å². The van der Waals surface area contributed by atoms with E-state index in [4.69, 9.17) is 4.74 Å². The molecule has 6 heteroatoms. The van der Waals surface area contributed by atoms with Crippen molar-refractivity contribution in [1.82, 2.24) is 14.8 Å². The molecule has 0 atom stereocenters. The van der Waals surface area contributed by atoms with Gasteiger partial charge >= 0.3 is 0 Å². The number of fused-ring (bicyclic) bond motifs is 3. The molecule has 0 unspecified atom stereocenters. The number of aromatic nitrogens is 3. The molecule has 29 heavy (non-hydrogen) atoms. The van der Waals surface area contributed by atoms with Crippen molar-refractivity contribution in [2.24, 2.45) is 0 Å². The average Bonchev–Trinajstić information content (AvgIpc) is 3.08. The van der Waals surface area contributed by atoms with E-state index in [-0.39, 0.29) is 5.82 Å². The standard InChI is InChI=1S/C23H17BrFN3O/c1-2-19(24)23-17-4-3-9-26-20(17)13-29-22-11-21-14(10-18(22)23)12-27-28(21)16-7-5-15(25)6-8-16/h3-12H,2,13H2,1H3/b23-19+. The number of pyridine rings is 1. The van der Waals surface area contributed by atoms with Crippen molar-refractivity contribution in [3.63, 3.8) is 0 Å². The lowest BCUT2D eigenvalue weighted by Crippen LogP contribution is -1.99. The maximum absolute atomic E-state index is 13.3. The molecule has 0 aliphatic carbocycles. The van der Waals surface area contributed by atoms with Gasteiger partial charge in [-0.2, -0.15) is 5.10 Å². The van der Waals surface area contributed by atoms with Gasteiger partial charge < -0.3 is 4.74 Å². The van der Waals surface area contributed by atoms with Crippen LogP contribution in [0.1, 0.15) is 30.2 Å². The van der Waals surface area contributed by atoms with Crippen molar-refractivity contribution in [2.45, 2.75) is 20.0 Å². The highest BCUT2D eigenvalue weighted by Crippen LogP contribution is 2.42. The second-order valence-corrected chi connectivity index (χ2v) is 7.82. The third-order valence-corrected chi connectivity index (χ3v) is 6.07. The van der Waals surface area contributed by atoms with Crippen LogP contribution in [0.25, 0.3) is 22.2 Å². The first-order valence-corrected chi connectivity index (χ1v) is 10.2. The fraction of sp³-hybridized carbons (Fsp3) is 0.130. The summed E-state index contributed by atoms with van der Waals surface area (Å²) < 4.78 is 22.4. The van der Waals surface area contributed by atoms with Crippen molar-refractivity contribution in [3.05, 3.63) is 88.0 Å². The maximum Gasteiger partial charge on any atom is 0.131 e. The molecule has 1 aliphatic heterocycles. The molecule has 144 valence electrons. The molecule has 0 N–H and O–H groups in total. The normalized spacial score (nSPS) is 14.7. The Bertz CT molecular complexity index is 1260. The van der Waals surface area contributed by atoms with Gasteiger partial charge in [-0.3, -0.25) is 4.98 Å². The van der Waals surface area contributed by atoms with Gasteiger partial charge in [0.15, 0.2) is 0 Å². The average molecular weight is 450 g/mol. The minimum absolute atomic E-state index is 0.271. The number of nitrogens with zero attached hydrogens (tertiary/aromatic N) is 3. The summed E-state index contributed by atoms with van der Waals surface area (Å²) in [5.74, 6) is 0.506. The summed E-state index contributed by atoms with van der Waals surface area (Å²) in [6.45, 7) is 2.51. The highest BCUT2D eigenvalue weighted by Gasteiger charge is 2.23. The van der Waals surface area contributed by atoms with Gasteiger partial charge in [0.1, 0.15) is 18.2 Å². The lowest BCUT2D eigenvalue weighted by atomic mass is 9.95. The molecule has 3 heterocycles. The van der Waals surface area contributed by atoms with E-state index < -0.39 is 0 Å². The minimum atomic E-state index is -0.271. The van der Waals surface area contributed by atoms with Crippen molar-refractivity contribution in [3.8, 4) is 11.4 Å². The van der Waals surface area contributed by atoms with Crippen molar-refractivity contribution >= 4 is 32.4 Å². The van der Waals surface area contributed by atoms with Crippen molar-refractivity contribution in [2.75, 3.05) is 0 Å². The molecule has 4 nitrogen and oxygen atoms in total. The van der Waals surface area contributed by atoms with Gasteiger partial charge in [-0.25, -0.2) is 9.07 Å². The molecule has 0 bridgehead atoms. The zero-order valence-corrected chi connectivity index (χ0v) is 17.3. The van der Waals surface area contributed by atoms with Crippen LogP contribution in [0, 0.1) is 5.82 Å². The van der Waals surface area contributed by atoms with Gasteiger partial charge in [0.25, 0.3) is 0 Å². The molecule has 5 rings (SSSR count). The lowest BCUT2D eigenvalue weighted by molar-refractivity contribution is 0.303. The van der Waals surface area contributed by atoms with Crippen LogP contribution in [-0.2, 0) is 6.61 Å². The molecule has 4 aromatic rings. The molecule has 2 aromatic carbocycles. The van der Waals surface area contributed by atoms with E-state index in [1.54, 1.807) is 23.0 Å². The number of hydrogen-bond donors (Lipinski definition) is 0. The SMILES string of the molecule is CC/C(Br)=C1\c2cc3cnn(-c4ccc(F)cc4)c3cc2OCc2ncccc21. The Morgan fingerprint density at radius 2 is 2.00 bits per heavy atom. The predicted molar refractivity (Wildman–Crippen MR) is 115 cm³/mol. The molecule has 0 amide bonds. The van der Waals surface area contributed by atoms with Gasteiger partial charge in [-0.1, -0.05) is 28.9 Å². The predicted octanol–water partition coefficient (Wildman–Crippen LogP) is 6.02. The number of benzene rings is 2. The molecular formula is C23H17BrFN3O. The molecule has 0 radical (unpaired) electrons. The van der Waals surface area contributed by atoms with E-state index >= 15 is 0 Å².